The van der Waals surface area contributed by atoms with Crippen molar-refractivity contribution in [1.29, 1.82) is 0 Å². The van der Waals surface area contributed by atoms with Gasteiger partial charge in [0.25, 0.3) is 5.56 Å². The van der Waals surface area contributed by atoms with E-state index in [1.807, 2.05) is 0 Å². The zero-order chi connectivity index (χ0) is 9.42. The van der Waals surface area contributed by atoms with Crippen LogP contribution in [0.3, 0.4) is 0 Å². The van der Waals surface area contributed by atoms with Gasteiger partial charge >= 0.3 is 0 Å². The zero-order valence-corrected chi connectivity index (χ0v) is 9.26. The fourth-order valence-corrected chi connectivity index (χ4v) is 1.72. The van der Waals surface area contributed by atoms with Crippen LogP contribution in [0.5, 0.6) is 0 Å². The normalized spacial score (nSPS) is 17.0. The second kappa shape index (κ2) is 4.19. The van der Waals surface area contributed by atoms with E-state index in [9.17, 15) is 4.79 Å². The van der Waals surface area contributed by atoms with Gasteiger partial charge in [0.05, 0.1) is 5.56 Å². The van der Waals surface area contributed by atoms with E-state index in [0.29, 0.717) is 0 Å². The molecule has 0 radical (unpaired) electrons. The number of rotatable bonds is 0. The zero-order valence-electron chi connectivity index (χ0n) is 8.45. The first-order chi connectivity index (χ1) is 6.18. The van der Waals surface area contributed by atoms with Gasteiger partial charge in [-0.3, -0.25) is 4.79 Å². The number of hydrogen-bond donors (Lipinski definition) is 0. The summed E-state index contributed by atoms with van der Waals surface area (Å²) in [6.07, 6.45) is 1.66. The van der Waals surface area contributed by atoms with E-state index in [1.165, 1.54) is 4.74 Å². The van der Waals surface area contributed by atoms with Crippen molar-refractivity contribution < 1.29 is 4.52 Å². The Hall–Kier alpha value is -0.740. The molecule has 80 valence electrons. The molecule has 0 spiro atoms. The monoisotopic (exact) mass is 218 g/mol. The molecule has 1 aromatic heterocycles. The van der Waals surface area contributed by atoms with Gasteiger partial charge in [0.2, 0.25) is 0 Å². The van der Waals surface area contributed by atoms with E-state index in [4.69, 9.17) is 4.52 Å². The molecule has 0 N–H and O–H groups in total. The van der Waals surface area contributed by atoms with E-state index in [-0.39, 0.29) is 18.0 Å². The fourth-order valence-electron chi connectivity index (χ4n) is 1.72. The number of hydrogen-bond acceptors (Lipinski definition) is 3. The molecule has 0 saturated heterocycles. The second-order valence-corrected chi connectivity index (χ2v) is 3.60. The first-order valence-electron chi connectivity index (χ1n) is 4.55. The number of aryl methyl sites for hydroxylation is 1. The Kier molecular flexibility index (Phi) is 3.39. The van der Waals surface area contributed by atoms with Gasteiger partial charge in [-0.2, -0.15) is 4.74 Å². The molecular weight excluding hydrogens is 204 g/mol. The number of nitrogens with zero attached hydrogens (tertiary/aromatic N) is 2. The van der Waals surface area contributed by atoms with Gasteiger partial charge in [-0.25, -0.2) is 0 Å². The largest absolute Gasteiger partial charge is 0.381 e. The lowest BCUT2D eigenvalue weighted by molar-refractivity contribution is 0.264. The molecule has 1 aliphatic rings. The third-order valence-corrected chi connectivity index (χ3v) is 2.59. The minimum Gasteiger partial charge on any atom is -0.381 e. The van der Waals surface area contributed by atoms with Crippen molar-refractivity contribution in [3.63, 3.8) is 0 Å². The third kappa shape index (κ3) is 1.86. The quantitative estimate of drug-likeness (QED) is 0.634. The molecule has 0 amide bonds. The van der Waals surface area contributed by atoms with Crippen molar-refractivity contribution in [2.24, 2.45) is 7.05 Å². The SMILES string of the molecule is CN1CCc2on(C)c(=O)c2CC1.Cl. The predicted molar refractivity (Wildman–Crippen MR) is 56.1 cm³/mol. The predicted octanol–water partition coefficient (Wildman–Crippen LogP) is 0.430. The van der Waals surface area contributed by atoms with Crippen LogP contribution >= 0.6 is 12.4 Å². The van der Waals surface area contributed by atoms with Crippen LogP contribution in [-0.2, 0) is 19.9 Å². The van der Waals surface area contributed by atoms with Crippen molar-refractivity contribution in [3.8, 4) is 0 Å². The van der Waals surface area contributed by atoms with Gasteiger partial charge < -0.3 is 9.42 Å². The Morgan fingerprint density at radius 3 is 2.57 bits per heavy atom. The lowest BCUT2D eigenvalue weighted by Crippen LogP contribution is -2.22. The molecule has 0 aromatic carbocycles. The van der Waals surface area contributed by atoms with Crippen LogP contribution in [0.4, 0.5) is 0 Å². The van der Waals surface area contributed by atoms with Crippen LogP contribution in [0.25, 0.3) is 0 Å². The highest BCUT2D eigenvalue weighted by atomic mass is 35.5. The van der Waals surface area contributed by atoms with Gasteiger partial charge in [0.1, 0.15) is 5.76 Å². The fraction of sp³-hybridized carbons (Fsp3) is 0.667. The van der Waals surface area contributed by atoms with E-state index in [0.717, 1.165) is 37.3 Å². The van der Waals surface area contributed by atoms with Gasteiger partial charge in [-0.15, -0.1) is 12.4 Å². The average molecular weight is 219 g/mol. The molecule has 1 aliphatic heterocycles. The summed E-state index contributed by atoms with van der Waals surface area (Å²) in [5, 5.41) is 0. The molecule has 0 fully saturated rings. The second-order valence-electron chi connectivity index (χ2n) is 3.60. The first kappa shape index (κ1) is 11.3. The summed E-state index contributed by atoms with van der Waals surface area (Å²) >= 11 is 0. The molecule has 0 saturated carbocycles. The lowest BCUT2D eigenvalue weighted by atomic mass is 10.2. The molecule has 0 atom stereocenters. The highest BCUT2D eigenvalue weighted by Crippen LogP contribution is 2.11. The van der Waals surface area contributed by atoms with Crippen molar-refractivity contribution in [2.45, 2.75) is 12.8 Å². The molecule has 4 nitrogen and oxygen atoms in total. The van der Waals surface area contributed by atoms with Crippen LogP contribution in [0.15, 0.2) is 9.32 Å². The average Bonchev–Trinajstić information content (AvgIpc) is 2.28. The molecule has 2 heterocycles. The summed E-state index contributed by atoms with van der Waals surface area (Å²) in [5.41, 5.74) is 0.900. The maximum atomic E-state index is 11.5. The molecular formula is C9H15ClN2O2. The van der Waals surface area contributed by atoms with Crippen molar-refractivity contribution in [2.75, 3.05) is 20.1 Å². The molecule has 2 rings (SSSR count). The molecule has 5 heteroatoms. The number of likely N-dealkylation sites (N-methyl/N-ethyl adjacent to an activating group) is 1. The first-order valence-corrected chi connectivity index (χ1v) is 4.55. The summed E-state index contributed by atoms with van der Waals surface area (Å²) < 4.78 is 6.67. The van der Waals surface area contributed by atoms with Crippen LogP contribution in [-0.4, -0.2) is 29.8 Å². The standard InChI is InChI=1S/C9H14N2O2.ClH/c1-10-5-3-7-8(4-6-10)13-11(2)9(7)12;/h3-6H2,1-2H3;1H. The summed E-state index contributed by atoms with van der Waals surface area (Å²) in [4.78, 5) is 13.7. The third-order valence-electron chi connectivity index (χ3n) is 2.59. The van der Waals surface area contributed by atoms with E-state index >= 15 is 0 Å². The highest BCUT2D eigenvalue weighted by Gasteiger charge is 2.19. The Morgan fingerprint density at radius 1 is 1.21 bits per heavy atom. The summed E-state index contributed by atoms with van der Waals surface area (Å²) in [6, 6.07) is 0. The van der Waals surface area contributed by atoms with Crippen LogP contribution in [0, 0.1) is 0 Å². The van der Waals surface area contributed by atoms with Crippen molar-refractivity contribution in [3.05, 3.63) is 21.7 Å². The summed E-state index contributed by atoms with van der Waals surface area (Å²) in [6.45, 7) is 1.92. The molecule has 0 bridgehead atoms. The Bertz CT molecular complexity index is 369. The van der Waals surface area contributed by atoms with Crippen molar-refractivity contribution >= 4 is 12.4 Å². The maximum Gasteiger partial charge on any atom is 0.285 e. The Balaban J connectivity index is 0.000000980. The highest BCUT2D eigenvalue weighted by molar-refractivity contribution is 5.85. The molecule has 0 aliphatic carbocycles. The van der Waals surface area contributed by atoms with Gasteiger partial charge in [0, 0.05) is 26.6 Å². The summed E-state index contributed by atoms with van der Waals surface area (Å²) in [5.74, 6) is 0.872. The Morgan fingerprint density at radius 2 is 1.86 bits per heavy atom. The Labute approximate surface area is 88.9 Å². The van der Waals surface area contributed by atoms with Gasteiger partial charge in [-0.1, -0.05) is 0 Å². The van der Waals surface area contributed by atoms with Gasteiger partial charge in [0.15, 0.2) is 0 Å². The lowest BCUT2D eigenvalue weighted by Gasteiger charge is -2.10. The number of fused-ring (bicyclic) bond motifs is 1. The van der Waals surface area contributed by atoms with Crippen molar-refractivity contribution in [1.82, 2.24) is 9.64 Å². The van der Waals surface area contributed by atoms with Crippen LogP contribution in [0.1, 0.15) is 11.3 Å². The van der Waals surface area contributed by atoms with Crippen LogP contribution < -0.4 is 5.56 Å². The maximum absolute atomic E-state index is 11.5. The van der Waals surface area contributed by atoms with E-state index in [2.05, 4.69) is 11.9 Å². The minimum absolute atomic E-state index is 0. The van der Waals surface area contributed by atoms with E-state index < -0.39 is 0 Å². The minimum atomic E-state index is 0. The van der Waals surface area contributed by atoms with E-state index in [1.54, 1.807) is 7.05 Å². The molecule has 1 aromatic rings. The molecule has 14 heavy (non-hydrogen) atoms. The summed E-state index contributed by atoms with van der Waals surface area (Å²) in [7, 11) is 3.73. The molecule has 0 unspecified atom stereocenters. The topological polar surface area (TPSA) is 38.4 Å². The van der Waals surface area contributed by atoms with Crippen LogP contribution in [0.2, 0.25) is 0 Å². The number of halogens is 1. The number of aromatic nitrogens is 1. The smallest absolute Gasteiger partial charge is 0.285 e. The van der Waals surface area contributed by atoms with Gasteiger partial charge in [-0.05, 0) is 13.5 Å².